The van der Waals surface area contributed by atoms with Crippen LogP contribution in [0.15, 0.2) is 0 Å². The average molecular weight is 267 g/mol. The number of carbonyl (C=O) groups is 1. The van der Waals surface area contributed by atoms with Gasteiger partial charge >= 0.3 is 0 Å². The first-order valence-electron chi connectivity index (χ1n) is 7.59. The number of nitrogens with zero attached hydrogens (tertiary/aromatic N) is 1. The Hall–Kier alpha value is -0.650. The molecule has 2 atom stereocenters. The van der Waals surface area contributed by atoms with Gasteiger partial charge in [0.05, 0.1) is 18.8 Å². The highest BCUT2D eigenvalue weighted by Crippen LogP contribution is 2.34. The molecule has 5 heteroatoms. The van der Waals surface area contributed by atoms with Gasteiger partial charge in [0.1, 0.15) is 0 Å². The predicted octanol–water partition coefficient (Wildman–Crippen LogP) is 0.237. The van der Waals surface area contributed by atoms with Crippen LogP contribution in [0.2, 0.25) is 0 Å². The van der Waals surface area contributed by atoms with Crippen LogP contribution in [-0.2, 0) is 9.53 Å². The van der Waals surface area contributed by atoms with Crippen LogP contribution < -0.4 is 11.1 Å². The maximum absolute atomic E-state index is 12.0. The third-order valence-corrected chi connectivity index (χ3v) is 4.82. The van der Waals surface area contributed by atoms with Crippen LogP contribution in [-0.4, -0.2) is 54.7 Å². The van der Waals surface area contributed by atoms with E-state index >= 15 is 0 Å². The molecule has 2 unspecified atom stereocenters. The molecule has 2 aliphatic carbocycles. The van der Waals surface area contributed by atoms with E-state index in [9.17, 15) is 4.79 Å². The van der Waals surface area contributed by atoms with Crippen molar-refractivity contribution < 1.29 is 9.53 Å². The number of primary amides is 1. The third kappa shape index (κ3) is 2.93. The number of morpholine rings is 1. The van der Waals surface area contributed by atoms with Gasteiger partial charge in [-0.25, -0.2) is 0 Å². The smallest absolute Gasteiger partial charge is 0.237 e. The molecular weight excluding hydrogens is 242 g/mol. The average Bonchev–Trinajstić information content (AvgIpc) is 3.24. The minimum atomic E-state index is -0.456. The van der Waals surface area contributed by atoms with Crippen molar-refractivity contribution in [3.8, 4) is 0 Å². The molecule has 0 aromatic rings. The molecule has 3 N–H and O–H groups in total. The van der Waals surface area contributed by atoms with Gasteiger partial charge in [-0.15, -0.1) is 0 Å². The Morgan fingerprint density at radius 1 is 1.26 bits per heavy atom. The van der Waals surface area contributed by atoms with E-state index in [2.05, 4.69) is 10.2 Å². The van der Waals surface area contributed by atoms with Crippen molar-refractivity contribution in [1.82, 2.24) is 10.2 Å². The zero-order valence-corrected chi connectivity index (χ0v) is 11.6. The maximum atomic E-state index is 12.0. The van der Waals surface area contributed by atoms with Crippen molar-refractivity contribution in [2.75, 3.05) is 26.3 Å². The SMILES string of the molecule is NC(=O)C1(NC2CC2)CCCC(N2CCOCC2)C1. The zero-order valence-electron chi connectivity index (χ0n) is 11.6. The molecule has 1 aliphatic heterocycles. The zero-order chi connectivity index (χ0) is 13.3. The molecule has 0 radical (unpaired) electrons. The lowest BCUT2D eigenvalue weighted by molar-refractivity contribution is -0.127. The van der Waals surface area contributed by atoms with Gasteiger partial charge in [-0.2, -0.15) is 0 Å². The molecular formula is C14H25N3O2. The van der Waals surface area contributed by atoms with Crippen molar-refractivity contribution >= 4 is 5.91 Å². The first kappa shape index (κ1) is 13.3. The molecule has 3 fully saturated rings. The summed E-state index contributed by atoms with van der Waals surface area (Å²) in [5.41, 5.74) is 5.27. The Morgan fingerprint density at radius 2 is 2.00 bits per heavy atom. The molecule has 1 saturated heterocycles. The summed E-state index contributed by atoms with van der Waals surface area (Å²) >= 11 is 0. The van der Waals surface area contributed by atoms with Gasteiger partial charge in [-0.1, -0.05) is 0 Å². The quantitative estimate of drug-likeness (QED) is 0.765. The summed E-state index contributed by atoms with van der Waals surface area (Å²) in [7, 11) is 0. The summed E-state index contributed by atoms with van der Waals surface area (Å²) in [4.78, 5) is 14.5. The van der Waals surface area contributed by atoms with Crippen LogP contribution in [0, 0.1) is 0 Å². The number of ether oxygens (including phenoxy) is 1. The molecule has 1 heterocycles. The van der Waals surface area contributed by atoms with Gasteiger partial charge in [0, 0.05) is 25.2 Å². The van der Waals surface area contributed by atoms with Crippen LogP contribution in [0.5, 0.6) is 0 Å². The second-order valence-corrected chi connectivity index (χ2v) is 6.26. The number of nitrogens with one attached hydrogen (secondary N) is 1. The normalized spacial score (nSPS) is 37.2. The molecule has 0 aromatic heterocycles. The summed E-state index contributed by atoms with van der Waals surface area (Å²) in [6.07, 6.45) is 6.43. The van der Waals surface area contributed by atoms with E-state index in [0.717, 1.165) is 45.6 Å². The summed E-state index contributed by atoms with van der Waals surface area (Å²) in [5, 5.41) is 3.54. The monoisotopic (exact) mass is 267 g/mol. The van der Waals surface area contributed by atoms with E-state index in [1.54, 1.807) is 0 Å². The number of hydrogen-bond acceptors (Lipinski definition) is 4. The minimum absolute atomic E-state index is 0.155. The van der Waals surface area contributed by atoms with Gasteiger partial charge in [0.2, 0.25) is 5.91 Å². The van der Waals surface area contributed by atoms with Gasteiger partial charge in [0.25, 0.3) is 0 Å². The molecule has 2 saturated carbocycles. The van der Waals surface area contributed by atoms with E-state index in [4.69, 9.17) is 10.5 Å². The highest BCUT2D eigenvalue weighted by molar-refractivity contribution is 5.85. The van der Waals surface area contributed by atoms with Crippen LogP contribution in [0.3, 0.4) is 0 Å². The highest BCUT2D eigenvalue weighted by Gasteiger charge is 2.45. The lowest BCUT2D eigenvalue weighted by Gasteiger charge is -2.44. The number of carbonyl (C=O) groups excluding carboxylic acids is 1. The van der Waals surface area contributed by atoms with E-state index in [0.29, 0.717) is 12.1 Å². The Morgan fingerprint density at radius 3 is 2.63 bits per heavy atom. The summed E-state index contributed by atoms with van der Waals surface area (Å²) in [5.74, 6) is -0.155. The molecule has 19 heavy (non-hydrogen) atoms. The largest absolute Gasteiger partial charge is 0.379 e. The molecule has 3 aliphatic rings. The fourth-order valence-electron chi connectivity index (χ4n) is 3.54. The molecule has 0 spiro atoms. The van der Waals surface area contributed by atoms with Crippen LogP contribution >= 0.6 is 0 Å². The van der Waals surface area contributed by atoms with E-state index in [-0.39, 0.29) is 5.91 Å². The van der Waals surface area contributed by atoms with Gasteiger partial charge in [-0.05, 0) is 38.5 Å². The van der Waals surface area contributed by atoms with Crippen LogP contribution in [0.1, 0.15) is 38.5 Å². The van der Waals surface area contributed by atoms with Gasteiger partial charge in [0.15, 0.2) is 0 Å². The van der Waals surface area contributed by atoms with Crippen LogP contribution in [0.25, 0.3) is 0 Å². The van der Waals surface area contributed by atoms with Crippen molar-refractivity contribution in [2.24, 2.45) is 5.73 Å². The van der Waals surface area contributed by atoms with Crippen molar-refractivity contribution in [3.05, 3.63) is 0 Å². The first-order chi connectivity index (χ1) is 9.20. The summed E-state index contributed by atoms with van der Waals surface area (Å²) < 4.78 is 5.42. The molecule has 1 amide bonds. The maximum Gasteiger partial charge on any atom is 0.237 e. The number of amides is 1. The Labute approximate surface area is 114 Å². The fraction of sp³-hybridized carbons (Fsp3) is 0.929. The Kier molecular flexibility index (Phi) is 3.78. The predicted molar refractivity (Wildman–Crippen MR) is 72.7 cm³/mol. The van der Waals surface area contributed by atoms with E-state index < -0.39 is 5.54 Å². The van der Waals surface area contributed by atoms with E-state index in [1.807, 2.05) is 0 Å². The van der Waals surface area contributed by atoms with Crippen molar-refractivity contribution in [1.29, 1.82) is 0 Å². The molecule has 0 aromatic carbocycles. The van der Waals surface area contributed by atoms with Gasteiger partial charge in [-0.3, -0.25) is 9.69 Å². The summed E-state index contributed by atoms with van der Waals surface area (Å²) in [6.45, 7) is 3.61. The number of nitrogens with two attached hydrogens (primary N) is 1. The fourth-order valence-corrected chi connectivity index (χ4v) is 3.54. The van der Waals surface area contributed by atoms with Crippen molar-refractivity contribution in [3.63, 3.8) is 0 Å². The second kappa shape index (κ2) is 5.38. The van der Waals surface area contributed by atoms with E-state index in [1.165, 1.54) is 19.3 Å². The standard InChI is InChI=1S/C14H25N3O2/c15-13(18)14(16-11-3-4-11)5-1-2-12(10-14)17-6-8-19-9-7-17/h11-12,16H,1-10H2,(H2,15,18). The molecule has 0 bridgehead atoms. The first-order valence-corrected chi connectivity index (χ1v) is 7.59. The molecule has 5 nitrogen and oxygen atoms in total. The Balaban J connectivity index is 1.68. The molecule has 3 rings (SSSR count). The number of hydrogen-bond donors (Lipinski definition) is 2. The Bertz CT molecular complexity index is 340. The molecule has 108 valence electrons. The number of rotatable bonds is 4. The van der Waals surface area contributed by atoms with Gasteiger partial charge < -0.3 is 15.8 Å². The third-order valence-electron chi connectivity index (χ3n) is 4.82. The lowest BCUT2D eigenvalue weighted by atomic mass is 9.77. The topological polar surface area (TPSA) is 67.6 Å². The van der Waals surface area contributed by atoms with Crippen LogP contribution in [0.4, 0.5) is 0 Å². The lowest BCUT2D eigenvalue weighted by Crippen LogP contribution is -2.62. The minimum Gasteiger partial charge on any atom is -0.379 e. The summed E-state index contributed by atoms with van der Waals surface area (Å²) in [6, 6.07) is 1.01. The second-order valence-electron chi connectivity index (χ2n) is 6.26. The van der Waals surface area contributed by atoms with Crippen molar-refractivity contribution in [2.45, 2.75) is 56.1 Å². The highest BCUT2D eigenvalue weighted by atomic mass is 16.5.